The molecule has 2 rings (SSSR count). The molecule has 2 heterocycles. The number of carbonyl (C=O) groups excluding carboxylic acids is 1. The molecule has 0 aromatic carbocycles. The summed E-state index contributed by atoms with van der Waals surface area (Å²) < 4.78 is 1.02. The monoisotopic (exact) mass is 341 g/mol. The lowest BCUT2D eigenvalue weighted by atomic mass is 10.2. The van der Waals surface area contributed by atoms with Crippen LogP contribution in [0, 0.1) is 18.3 Å². The molecule has 1 saturated heterocycles. The molecule has 1 atom stereocenters. The largest absolute Gasteiger partial charge is 0.335 e. The Morgan fingerprint density at radius 1 is 1.47 bits per heavy atom. The van der Waals surface area contributed by atoms with Crippen LogP contribution in [0.25, 0.3) is 0 Å². The summed E-state index contributed by atoms with van der Waals surface area (Å²) in [6.45, 7) is 6.82. The Morgan fingerprint density at radius 2 is 2.11 bits per heavy atom. The van der Waals surface area contributed by atoms with Crippen molar-refractivity contribution in [2.45, 2.75) is 19.9 Å². The Bertz CT molecular complexity index is 495. The number of hydrogen-bond donors (Lipinski definition) is 0. The highest BCUT2D eigenvalue weighted by molar-refractivity contribution is 9.11. The predicted octanol–water partition coefficient (Wildman–Crippen LogP) is 2.49. The van der Waals surface area contributed by atoms with Crippen LogP contribution >= 0.6 is 27.3 Å². The molecule has 0 saturated carbocycles. The molecule has 0 N–H and O–H groups in total. The first-order valence-corrected chi connectivity index (χ1v) is 7.82. The zero-order valence-corrected chi connectivity index (χ0v) is 13.4. The average Bonchev–Trinajstić information content (AvgIpc) is 2.77. The molecule has 1 aliphatic heterocycles. The number of thiophene rings is 1. The van der Waals surface area contributed by atoms with E-state index in [1.54, 1.807) is 0 Å². The number of hydrogen-bond acceptors (Lipinski definition) is 4. The van der Waals surface area contributed by atoms with Gasteiger partial charge in [-0.1, -0.05) is 0 Å². The molecule has 4 nitrogen and oxygen atoms in total. The van der Waals surface area contributed by atoms with Gasteiger partial charge in [-0.15, -0.1) is 11.3 Å². The Kier molecular flexibility index (Phi) is 4.61. The number of piperazine rings is 1. The second kappa shape index (κ2) is 6.04. The van der Waals surface area contributed by atoms with Crippen LogP contribution in [0.5, 0.6) is 0 Å². The molecule has 19 heavy (non-hydrogen) atoms. The van der Waals surface area contributed by atoms with Gasteiger partial charge >= 0.3 is 0 Å². The fraction of sp³-hybridized carbons (Fsp3) is 0.538. The zero-order valence-electron chi connectivity index (χ0n) is 11.0. The average molecular weight is 342 g/mol. The van der Waals surface area contributed by atoms with E-state index in [9.17, 15) is 4.79 Å². The predicted molar refractivity (Wildman–Crippen MR) is 79.3 cm³/mol. The van der Waals surface area contributed by atoms with Crippen molar-refractivity contribution in [2.75, 3.05) is 26.2 Å². The standard InChI is InChI=1S/C13H16BrN3OS/c1-9-7-11(19-12(9)14)13(18)17-5-3-16(4-6-17)10(2)8-15/h7,10H,3-6H2,1-2H3. The molecule has 1 aliphatic rings. The third kappa shape index (κ3) is 3.16. The van der Waals surface area contributed by atoms with E-state index in [2.05, 4.69) is 26.9 Å². The number of amides is 1. The van der Waals surface area contributed by atoms with Crippen LogP contribution in [0.1, 0.15) is 22.2 Å². The van der Waals surface area contributed by atoms with Gasteiger partial charge in [0.05, 0.1) is 20.8 Å². The fourth-order valence-electron chi connectivity index (χ4n) is 2.12. The zero-order chi connectivity index (χ0) is 14.0. The summed E-state index contributed by atoms with van der Waals surface area (Å²) in [5.41, 5.74) is 1.10. The summed E-state index contributed by atoms with van der Waals surface area (Å²) in [5, 5.41) is 8.90. The Labute approximate surface area is 125 Å². The van der Waals surface area contributed by atoms with Crippen LogP contribution in [0.2, 0.25) is 0 Å². The number of carbonyl (C=O) groups is 1. The maximum atomic E-state index is 12.3. The van der Waals surface area contributed by atoms with Crippen LogP contribution in [0.15, 0.2) is 9.85 Å². The van der Waals surface area contributed by atoms with E-state index in [0.29, 0.717) is 13.1 Å². The summed E-state index contributed by atoms with van der Waals surface area (Å²) >= 11 is 4.94. The van der Waals surface area contributed by atoms with E-state index >= 15 is 0 Å². The van der Waals surface area contributed by atoms with E-state index in [4.69, 9.17) is 5.26 Å². The van der Waals surface area contributed by atoms with E-state index in [1.165, 1.54) is 11.3 Å². The highest BCUT2D eigenvalue weighted by Crippen LogP contribution is 2.28. The summed E-state index contributed by atoms with van der Waals surface area (Å²) in [4.78, 5) is 17.1. The topological polar surface area (TPSA) is 47.3 Å². The molecular weight excluding hydrogens is 326 g/mol. The van der Waals surface area contributed by atoms with Crippen molar-refractivity contribution >= 4 is 33.2 Å². The second-order valence-electron chi connectivity index (χ2n) is 4.70. The minimum absolute atomic E-state index is 0.0737. The first-order valence-electron chi connectivity index (χ1n) is 6.22. The van der Waals surface area contributed by atoms with Crippen molar-refractivity contribution in [3.8, 4) is 6.07 Å². The van der Waals surface area contributed by atoms with Crippen LogP contribution < -0.4 is 0 Å². The number of rotatable bonds is 2. The van der Waals surface area contributed by atoms with Gasteiger partial charge in [-0.05, 0) is 41.4 Å². The van der Waals surface area contributed by atoms with Crippen molar-refractivity contribution in [1.29, 1.82) is 5.26 Å². The van der Waals surface area contributed by atoms with Gasteiger partial charge < -0.3 is 4.90 Å². The quantitative estimate of drug-likeness (QED) is 0.830. The first kappa shape index (κ1) is 14.5. The van der Waals surface area contributed by atoms with E-state index in [0.717, 1.165) is 27.3 Å². The summed E-state index contributed by atoms with van der Waals surface area (Å²) in [7, 11) is 0. The molecule has 1 fully saturated rings. The molecule has 0 aliphatic carbocycles. The van der Waals surface area contributed by atoms with Crippen molar-refractivity contribution in [3.05, 3.63) is 20.3 Å². The molecule has 1 aromatic heterocycles. The van der Waals surface area contributed by atoms with Crippen molar-refractivity contribution in [3.63, 3.8) is 0 Å². The lowest BCUT2D eigenvalue weighted by Gasteiger charge is -2.35. The fourth-order valence-corrected chi connectivity index (χ4v) is 3.62. The Balaban J connectivity index is 1.98. The van der Waals surface area contributed by atoms with Gasteiger partial charge in [0.1, 0.15) is 0 Å². The van der Waals surface area contributed by atoms with Crippen molar-refractivity contribution in [1.82, 2.24) is 9.80 Å². The van der Waals surface area contributed by atoms with E-state index in [-0.39, 0.29) is 11.9 Å². The van der Waals surface area contributed by atoms with E-state index < -0.39 is 0 Å². The minimum Gasteiger partial charge on any atom is -0.335 e. The first-order chi connectivity index (χ1) is 9.02. The summed E-state index contributed by atoms with van der Waals surface area (Å²) in [6.07, 6.45) is 0. The molecular formula is C13H16BrN3OS. The molecule has 1 amide bonds. The third-order valence-corrected chi connectivity index (χ3v) is 5.53. The second-order valence-corrected chi connectivity index (χ2v) is 7.07. The summed E-state index contributed by atoms with van der Waals surface area (Å²) in [5.74, 6) is 0.100. The number of halogens is 1. The smallest absolute Gasteiger partial charge is 0.264 e. The van der Waals surface area contributed by atoms with Gasteiger partial charge in [0.2, 0.25) is 0 Å². The van der Waals surface area contributed by atoms with Gasteiger partial charge in [0, 0.05) is 26.2 Å². The molecule has 1 unspecified atom stereocenters. The van der Waals surface area contributed by atoms with Gasteiger partial charge in [-0.2, -0.15) is 5.26 Å². The number of aryl methyl sites for hydroxylation is 1. The van der Waals surface area contributed by atoms with Crippen LogP contribution in [-0.2, 0) is 0 Å². The molecule has 1 aromatic rings. The van der Waals surface area contributed by atoms with Gasteiger partial charge in [0.25, 0.3) is 5.91 Å². The summed E-state index contributed by atoms with van der Waals surface area (Å²) in [6, 6.07) is 4.10. The maximum Gasteiger partial charge on any atom is 0.264 e. The van der Waals surface area contributed by atoms with Crippen LogP contribution in [0.4, 0.5) is 0 Å². The highest BCUT2D eigenvalue weighted by Gasteiger charge is 2.25. The molecule has 6 heteroatoms. The van der Waals surface area contributed by atoms with E-state index in [1.807, 2.05) is 24.8 Å². The number of nitrogens with zero attached hydrogens (tertiary/aromatic N) is 3. The molecule has 0 spiro atoms. The molecule has 102 valence electrons. The maximum absolute atomic E-state index is 12.3. The van der Waals surface area contributed by atoms with Crippen LogP contribution in [-0.4, -0.2) is 47.9 Å². The lowest BCUT2D eigenvalue weighted by Crippen LogP contribution is -2.50. The van der Waals surface area contributed by atoms with Gasteiger partial charge in [-0.3, -0.25) is 9.69 Å². The van der Waals surface area contributed by atoms with Crippen molar-refractivity contribution < 1.29 is 4.79 Å². The SMILES string of the molecule is Cc1cc(C(=O)N2CCN(C(C)C#N)CC2)sc1Br. The highest BCUT2D eigenvalue weighted by atomic mass is 79.9. The molecule has 0 bridgehead atoms. The van der Waals surface area contributed by atoms with Crippen LogP contribution in [0.3, 0.4) is 0 Å². The Morgan fingerprint density at radius 3 is 2.58 bits per heavy atom. The van der Waals surface area contributed by atoms with Gasteiger partial charge in [-0.25, -0.2) is 0 Å². The van der Waals surface area contributed by atoms with Crippen molar-refractivity contribution in [2.24, 2.45) is 0 Å². The number of nitriles is 1. The van der Waals surface area contributed by atoms with Gasteiger partial charge in [0.15, 0.2) is 0 Å². The lowest BCUT2D eigenvalue weighted by molar-refractivity contribution is 0.0620. The molecule has 0 radical (unpaired) electrons. The third-order valence-electron chi connectivity index (χ3n) is 3.40. The normalized spacial score (nSPS) is 18.1. The minimum atomic E-state index is -0.0737. The Hall–Kier alpha value is -0.900.